The number of likely N-dealkylation sites (tertiary alicyclic amines) is 1. The second-order valence-corrected chi connectivity index (χ2v) is 9.43. The number of nitrogens with zero attached hydrogens (tertiary/aromatic N) is 2. The normalized spacial score (nSPS) is 19.3. The van der Waals surface area contributed by atoms with Crippen LogP contribution >= 0.6 is 0 Å². The molecule has 2 heterocycles. The van der Waals surface area contributed by atoms with Crippen molar-refractivity contribution in [3.8, 4) is 5.75 Å². The van der Waals surface area contributed by atoms with Gasteiger partial charge in [0.2, 0.25) is 0 Å². The quantitative estimate of drug-likeness (QED) is 0.600. The summed E-state index contributed by atoms with van der Waals surface area (Å²) in [5.41, 5.74) is 3.46. The summed E-state index contributed by atoms with van der Waals surface area (Å²) in [6, 6.07) is 15.1. The van der Waals surface area contributed by atoms with Gasteiger partial charge in [0.25, 0.3) is 11.8 Å². The fraction of sp³-hybridized carbons (Fsp3) is 0.407. The van der Waals surface area contributed by atoms with Crippen LogP contribution in [0.25, 0.3) is 5.57 Å². The molecule has 2 aromatic rings. The zero-order valence-corrected chi connectivity index (χ0v) is 19.4. The van der Waals surface area contributed by atoms with Crippen LogP contribution in [0.2, 0.25) is 0 Å². The molecular weight excluding hydrogens is 400 g/mol. The minimum Gasteiger partial charge on any atom is -0.493 e. The first-order valence-electron chi connectivity index (χ1n) is 11.5. The van der Waals surface area contributed by atoms with E-state index in [1.165, 1.54) is 4.90 Å². The number of carbonyl (C=O) groups excluding carboxylic acids is 2. The Kier molecular flexibility index (Phi) is 6.35. The Hall–Kier alpha value is -3.08. The molecule has 1 unspecified atom stereocenters. The van der Waals surface area contributed by atoms with Gasteiger partial charge in [-0.05, 0) is 61.4 Å². The summed E-state index contributed by atoms with van der Waals surface area (Å²) in [4.78, 5) is 30.7. The van der Waals surface area contributed by atoms with E-state index in [4.69, 9.17) is 4.74 Å². The lowest BCUT2D eigenvalue weighted by molar-refractivity contribution is -0.120. The lowest BCUT2D eigenvalue weighted by Crippen LogP contribution is -2.39. The maximum atomic E-state index is 13.6. The maximum Gasteiger partial charge on any atom is 0.282 e. The van der Waals surface area contributed by atoms with Crippen LogP contribution < -0.4 is 9.64 Å². The SMILES string of the molecule is Cc1ccc(N2C(=O)C(c3ccc(OCC(C)C)cc3)=C(N3CCCC(C)C3)C2=O)cc1. The van der Waals surface area contributed by atoms with Crippen LogP contribution in [-0.4, -0.2) is 36.4 Å². The molecule has 0 aromatic heterocycles. The van der Waals surface area contributed by atoms with Crippen molar-refractivity contribution in [2.45, 2.75) is 40.5 Å². The fourth-order valence-electron chi connectivity index (χ4n) is 4.37. The lowest BCUT2D eigenvalue weighted by atomic mass is 9.97. The minimum absolute atomic E-state index is 0.233. The number of imide groups is 1. The molecule has 2 amide bonds. The highest BCUT2D eigenvalue weighted by molar-refractivity contribution is 6.45. The number of ether oxygens (including phenoxy) is 1. The molecule has 1 fully saturated rings. The summed E-state index contributed by atoms with van der Waals surface area (Å²) in [6.45, 7) is 10.6. The summed E-state index contributed by atoms with van der Waals surface area (Å²) >= 11 is 0. The van der Waals surface area contributed by atoms with Crippen molar-refractivity contribution in [3.63, 3.8) is 0 Å². The third kappa shape index (κ3) is 4.43. The van der Waals surface area contributed by atoms with Crippen LogP contribution in [-0.2, 0) is 9.59 Å². The third-order valence-corrected chi connectivity index (χ3v) is 6.05. The largest absolute Gasteiger partial charge is 0.493 e. The molecule has 32 heavy (non-hydrogen) atoms. The Morgan fingerprint density at radius 2 is 1.69 bits per heavy atom. The molecule has 0 saturated carbocycles. The van der Waals surface area contributed by atoms with Crippen molar-refractivity contribution in [1.29, 1.82) is 0 Å². The Morgan fingerprint density at radius 1 is 1.00 bits per heavy atom. The minimum atomic E-state index is -0.261. The average molecular weight is 433 g/mol. The number of anilines is 1. The first-order valence-corrected chi connectivity index (χ1v) is 11.5. The van der Waals surface area contributed by atoms with E-state index in [9.17, 15) is 9.59 Å². The summed E-state index contributed by atoms with van der Waals surface area (Å²) in [7, 11) is 0. The first-order chi connectivity index (χ1) is 15.3. The number of hydrogen-bond donors (Lipinski definition) is 0. The number of amides is 2. The van der Waals surface area contributed by atoms with Crippen molar-refractivity contribution >= 4 is 23.1 Å². The smallest absolute Gasteiger partial charge is 0.282 e. The van der Waals surface area contributed by atoms with Crippen LogP contribution in [0.4, 0.5) is 5.69 Å². The van der Waals surface area contributed by atoms with E-state index in [1.807, 2.05) is 55.5 Å². The Bertz CT molecular complexity index is 1020. The summed E-state index contributed by atoms with van der Waals surface area (Å²) in [6.07, 6.45) is 2.16. The van der Waals surface area contributed by atoms with Gasteiger partial charge in [0.05, 0.1) is 17.9 Å². The molecule has 168 valence electrons. The van der Waals surface area contributed by atoms with E-state index in [0.29, 0.717) is 35.4 Å². The number of hydrogen-bond acceptors (Lipinski definition) is 4. The highest BCUT2D eigenvalue weighted by Gasteiger charge is 2.43. The van der Waals surface area contributed by atoms with Gasteiger partial charge < -0.3 is 9.64 Å². The van der Waals surface area contributed by atoms with Crippen LogP contribution in [0, 0.1) is 18.8 Å². The molecule has 2 aliphatic rings. The number of benzene rings is 2. The molecule has 1 atom stereocenters. The monoisotopic (exact) mass is 432 g/mol. The highest BCUT2D eigenvalue weighted by atomic mass is 16.5. The van der Waals surface area contributed by atoms with Crippen molar-refractivity contribution in [1.82, 2.24) is 4.90 Å². The van der Waals surface area contributed by atoms with Crippen molar-refractivity contribution in [3.05, 3.63) is 65.4 Å². The Labute approximate surface area is 190 Å². The van der Waals surface area contributed by atoms with Crippen LogP contribution in [0.15, 0.2) is 54.2 Å². The zero-order chi connectivity index (χ0) is 22.8. The van der Waals surface area contributed by atoms with Crippen LogP contribution in [0.3, 0.4) is 0 Å². The van der Waals surface area contributed by atoms with Gasteiger partial charge in [-0.2, -0.15) is 0 Å². The second-order valence-electron chi connectivity index (χ2n) is 9.43. The summed E-state index contributed by atoms with van der Waals surface area (Å²) < 4.78 is 5.80. The van der Waals surface area contributed by atoms with Crippen molar-refractivity contribution in [2.24, 2.45) is 11.8 Å². The number of rotatable bonds is 6. The van der Waals surface area contributed by atoms with E-state index in [1.54, 1.807) is 0 Å². The summed E-state index contributed by atoms with van der Waals surface area (Å²) in [5, 5.41) is 0. The predicted molar refractivity (Wildman–Crippen MR) is 127 cm³/mol. The van der Waals surface area contributed by atoms with Gasteiger partial charge in [-0.25, -0.2) is 4.90 Å². The van der Waals surface area contributed by atoms with Gasteiger partial charge in [-0.1, -0.05) is 50.6 Å². The van der Waals surface area contributed by atoms with Crippen molar-refractivity contribution < 1.29 is 14.3 Å². The second kappa shape index (κ2) is 9.19. The van der Waals surface area contributed by atoms with Crippen molar-refractivity contribution in [2.75, 3.05) is 24.6 Å². The number of aryl methyl sites for hydroxylation is 1. The number of carbonyl (C=O) groups is 2. The molecule has 0 N–H and O–H groups in total. The topological polar surface area (TPSA) is 49.9 Å². The fourth-order valence-corrected chi connectivity index (χ4v) is 4.37. The molecule has 0 spiro atoms. The first kappa shape index (κ1) is 22.1. The molecule has 4 rings (SSSR count). The van der Waals surface area contributed by atoms with E-state index in [2.05, 4.69) is 25.7 Å². The highest BCUT2D eigenvalue weighted by Crippen LogP contribution is 2.37. The van der Waals surface area contributed by atoms with E-state index >= 15 is 0 Å². The maximum absolute atomic E-state index is 13.6. The molecule has 2 aromatic carbocycles. The third-order valence-electron chi connectivity index (χ3n) is 6.05. The van der Waals surface area contributed by atoms with Gasteiger partial charge >= 0.3 is 0 Å². The van der Waals surface area contributed by atoms with Crippen LogP contribution in [0.1, 0.15) is 44.7 Å². The van der Waals surface area contributed by atoms with E-state index in [0.717, 1.165) is 42.8 Å². The molecule has 0 radical (unpaired) electrons. The molecule has 5 nitrogen and oxygen atoms in total. The standard InChI is InChI=1S/C27H32N2O3/c1-18(2)17-32-23-13-9-21(10-14-23)24-25(28-15-5-6-20(4)16-28)27(31)29(26(24)30)22-11-7-19(3)8-12-22/h7-14,18,20H,5-6,15-17H2,1-4H3. The molecule has 2 aliphatic heterocycles. The molecular formula is C27H32N2O3. The van der Waals surface area contributed by atoms with Gasteiger partial charge in [-0.3, -0.25) is 9.59 Å². The van der Waals surface area contributed by atoms with Gasteiger partial charge in [0.15, 0.2) is 0 Å². The molecule has 1 saturated heterocycles. The summed E-state index contributed by atoms with van der Waals surface area (Å²) in [5.74, 6) is 1.19. The molecule has 0 aliphatic carbocycles. The van der Waals surface area contributed by atoms with Gasteiger partial charge in [0.1, 0.15) is 11.4 Å². The molecule has 5 heteroatoms. The number of piperidine rings is 1. The Morgan fingerprint density at radius 3 is 2.31 bits per heavy atom. The molecule has 0 bridgehead atoms. The predicted octanol–water partition coefficient (Wildman–Crippen LogP) is 5.05. The van der Waals surface area contributed by atoms with Gasteiger partial charge in [-0.15, -0.1) is 0 Å². The van der Waals surface area contributed by atoms with E-state index < -0.39 is 0 Å². The lowest BCUT2D eigenvalue weighted by Gasteiger charge is -2.33. The van der Waals surface area contributed by atoms with Gasteiger partial charge in [0, 0.05) is 13.1 Å². The average Bonchev–Trinajstić information content (AvgIpc) is 3.03. The Balaban J connectivity index is 1.73. The van der Waals surface area contributed by atoms with E-state index in [-0.39, 0.29) is 11.8 Å². The zero-order valence-electron chi connectivity index (χ0n) is 19.4. The van der Waals surface area contributed by atoms with Crippen LogP contribution in [0.5, 0.6) is 5.75 Å².